The first-order valence-electron chi connectivity index (χ1n) is 4.82. The van der Waals surface area contributed by atoms with Gasteiger partial charge in [0.15, 0.2) is 0 Å². The van der Waals surface area contributed by atoms with Crippen LogP contribution in [0.5, 0.6) is 0 Å². The first-order valence-corrected chi connectivity index (χ1v) is 4.82. The summed E-state index contributed by atoms with van der Waals surface area (Å²) in [5, 5.41) is 0. The molecule has 1 radical (unpaired) electrons. The average Bonchev–Trinajstić information content (AvgIpc) is 2.05. The maximum Gasteiger partial charge on any atom is -0.0167 e. The fourth-order valence-electron chi connectivity index (χ4n) is 1.24. The summed E-state index contributed by atoms with van der Waals surface area (Å²) in [6, 6.07) is 0. The minimum atomic E-state index is 1.23. The molecule has 0 N–H and O–H groups in total. The SMILES string of the molecule is [CH]1\C=C/C=C/C=C\CCCCC1. The van der Waals surface area contributed by atoms with Gasteiger partial charge in [-0.3, -0.25) is 0 Å². The van der Waals surface area contributed by atoms with Crippen molar-refractivity contribution in [1.29, 1.82) is 0 Å². The maximum atomic E-state index is 2.25. The predicted molar refractivity (Wildman–Crippen MR) is 54.8 cm³/mol. The summed E-state index contributed by atoms with van der Waals surface area (Å²) < 4.78 is 0. The highest BCUT2D eigenvalue weighted by Crippen LogP contribution is 2.06. The fourth-order valence-corrected chi connectivity index (χ4v) is 1.24. The van der Waals surface area contributed by atoms with Gasteiger partial charge in [-0.1, -0.05) is 49.3 Å². The molecule has 0 saturated heterocycles. The Balaban J connectivity index is 2.32. The van der Waals surface area contributed by atoms with E-state index >= 15 is 0 Å². The summed E-state index contributed by atoms with van der Waals surface area (Å²) in [7, 11) is 0. The first kappa shape index (κ1) is 9.31. The van der Waals surface area contributed by atoms with E-state index in [1.165, 1.54) is 32.1 Å². The summed E-state index contributed by atoms with van der Waals surface area (Å²) in [5.41, 5.74) is 0. The van der Waals surface area contributed by atoms with Crippen LogP contribution in [0.2, 0.25) is 0 Å². The van der Waals surface area contributed by atoms with Gasteiger partial charge in [0.2, 0.25) is 0 Å². The molecule has 12 heavy (non-hydrogen) atoms. The van der Waals surface area contributed by atoms with E-state index in [0.717, 1.165) is 0 Å². The zero-order valence-electron chi connectivity index (χ0n) is 7.58. The highest BCUT2D eigenvalue weighted by molar-refractivity contribution is 5.13. The van der Waals surface area contributed by atoms with Crippen LogP contribution in [0.3, 0.4) is 0 Å². The van der Waals surface area contributed by atoms with Gasteiger partial charge in [0, 0.05) is 0 Å². The Hall–Kier alpha value is -0.780. The molecule has 0 nitrogen and oxygen atoms in total. The molecule has 0 aliphatic heterocycles. The van der Waals surface area contributed by atoms with Gasteiger partial charge in [0.05, 0.1) is 0 Å². The van der Waals surface area contributed by atoms with Crippen molar-refractivity contribution in [3.05, 3.63) is 42.9 Å². The molecule has 1 rings (SSSR count). The Labute approximate surface area is 75.7 Å². The number of rotatable bonds is 0. The molecular formula is C12H17. The quantitative estimate of drug-likeness (QED) is 0.506. The molecule has 0 aromatic carbocycles. The van der Waals surface area contributed by atoms with Gasteiger partial charge in [0.1, 0.15) is 0 Å². The minimum Gasteiger partial charge on any atom is -0.0845 e. The molecule has 0 heteroatoms. The van der Waals surface area contributed by atoms with Crippen LogP contribution in [-0.4, -0.2) is 0 Å². The molecule has 0 spiro atoms. The molecule has 0 unspecified atom stereocenters. The van der Waals surface area contributed by atoms with Crippen LogP contribution in [0.1, 0.15) is 32.1 Å². The Kier molecular flexibility index (Phi) is 5.35. The van der Waals surface area contributed by atoms with Crippen molar-refractivity contribution in [3.63, 3.8) is 0 Å². The molecule has 0 fully saturated rings. The lowest BCUT2D eigenvalue weighted by molar-refractivity contribution is 0.686. The standard InChI is InChI=1S/C12H17/c1-2-4-6-8-10-12-11-9-7-5-3-1/h1-7H,8-12H2/b2-1+,5-3-,6-4-. The van der Waals surface area contributed by atoms with Crippen molar-refractivity contribution in [1.82, 2.24) is 0 Å². The van der Waals surface area contributed by atoms with E-state index in [1.54, 1.807) is 0 Å². The molecule has 1 aliphatic rings. The normalized spacial score (nSPS) is 28.0. The number of hydrogen-bond acceptors (Lipinski definition) is 0. The van der Waals surface area contributed by atoms with E-state index in [-0.39, 0.29) is 0 Å². The average molecular weight is 161 g/mol. The van der Waals surface area contributed by atoms with Gasteiger partial charge in [0.25, 0.3) is 0 Å². The molecule has 1 aliphatic carbocycles. The zero-order valence-corrected chi connectivity index (χ0v) is 7.58. The zero-order chi connectivity index (χ0) is 8.49. The largest absolute Gasteiger partial charge is 0.0845 e. The van der Waals surface area contributed by atoms with E-state index in [2.05, 4.69) is 42.9 Å². The lowest BCUT2D eigenvalue weighted by Gasteiger charge is -1.96. The van der Waals surface area contributed by atoms with Crippen LogP contribution >= 0.6 is 0 Å². The lowest BCUT2D eigenvalue weighted by atomic mass is 10.1. The summed E-state index contributed by atoms with van der Waals surface area (Å²) in [4.78, 5) is 0. The Morgan fingerprint density at radius 3 is 2.33 bits per heavy atom. The molecule has 0 saturated carbocycles. The van der Waals surface area contributed by atoms with Crippen LogP contribution in [0, 0.1) is 6.42 Å². The molecule has 65 valence electrons. The van der Waals surface area contributed by atoms with Crippen LogP contribution < -0.4 is 0 Å². The van der Waals surface area contributed by atoms with Crippen LogP contribution in [0.15, 0.2) is 36.5 Å². The second kappa shape index (κ2) is 6.90. The second-order valence-corrected chi connectivity index (χ2v) is 3.07. The van der Waals surface area contributed by atoms with Crippen molar-refractivity contribution >= 4 is 0 Å². The third kappa shape index (κ3) is 4.95. The van der Waals surface area contributed by atoms with Crippen molar-refractivity contribution in [2.24, 2.45) is 0 Å². The van der Waals surface area contributed by atoms with E-state index in [9.17, 15) is 0 Å². The molecule has 0 aromatic heterocycles. The summed E-state index contributed by atoms with van der Waals surface area (Å²) in [6.45, 7) is 0. The maximum absolute atomic E-state index is 2.25. The van der Waals surface area contributed by atoms with Crippen molar-refractivity contribution in [2.75, 3.05) is 0 Å². The van der Waals surface area contributed by atoms with E-state index < -0.39 is 0 Å². The fraction of sp³-hybridized carbons (Fsp3) is 0.417. The Morgan fingerprint density at radius 1 is 0.583 bits per heavy atom. The van der Waals surface area contributed by atoms with Crippen molar-refractivity contribution in [3.8, 4) is 0 Å². The topological polar surface area (TPSA) is 0 Å². The van der Waals surface area contributed by atoms with Crippen LogP contribution in [0.4, 0.5) is 0 Å². The smallest absolute Gasteiger partial charge is 0.0167 e. The monoisotopic (exact) mass is 161 g/mol. The number of hydrogen-bond donors (Lipinski definition) is 0. The highest BCUT2D eigenvalue weighted by atomic mass is 13.9. The summed E-state index contributed by atoms with van der Waals surface area (Å²) >= 11 is 0. The van der Waals surface area contributed by atoms with E-state index in [0.29, 0.717) is 0 Å². The third-order valence-corrected chi connectivity index (χ3v) is 1.96. The number of allylic oxidation sites excluding steroid dienone is 6. The molecule has 0 atom stereocenters. The summed E-state index contributed by atoms with van der Waals surface area (Å²) in [6.07, 6.45) is 21.5. The van der Waals surface area contributed by atoms with Crippen molar-refractivity contribution < 1.29 is 0 Å². The predicted octanol–water partition coefficient (Wildman–Crippen LogP) is 3.82. The van der Waals surface area contributed by atoms with Gasteiger partial charge >= 0.3 is 0 Å². The van der Waals surface area contributed by atoms with Gasteiger partial charge < -0.3 is 0 Å². The van der Waals surface area contributed by atoms with Gasteiger partial charge in [-0.05, 0) is 25.7 Å². The Bertz CT molecular complexity index is 152. The third-order valence-electron chi connectivity index (χ3n) is 1.96. The van der Waals surface area contributed by atoms with E-state index in [1.807, 2.05) is 0 Å². The van der Waals surface area contributed by atoms with Gasteiger partial charge in [-0.15, -0.1) is 0 Å². The molecule has 0 aromatic rings. The minimum absolute atomic E-state index is 1.23. The first-order chi connectivity index (χ1) is 6.00. The highest BCUT2D eigenvalue weighted by Gasteiger charge is 1.87. The van der Waals surface area contributed by atoms with Gasteiger partial charge in [-0.2, -0.15) is 0 Å². The van der Waals surface area contributed by atoms with Gasteiger partial charge in [-0.25, -0.2) is 0 Å². The molecule has 0 amide bonds. The van der Waals surface area contributed by atoms with Crippen LogP contribution in [0.25, 0.3) is 0 Å². The molecule has 0 bridgehead atoms. The lowest BCUT2D eigenvalue weighted by Crippen LogP contribution is -1.77. The van der Waals surface area contributed by atoms with Crippen LogP contribution in [-0.2, 0) is 0 Å². The van der Waals surface area contributed by atoms with E-state index in [4.69, 9.17) is 0 Å². The molecular weight excluding hydrogens is 144 g/mol. The second-order valence-electron chi connectivity index (χ2n) is 3.07. The summed E-state index contributed by atoms with van der Waals surface area (Å²) in [5.74, 6) is 0. The Morgan fingerprint density at radius 2 is 1.33 bits per heavy atom. The molecule has 0 heterocycles. The van der Waals surface area contributed by atoms with Crippen molar-refractivity contribution in [2.45, 2.75) is 32.1 Å².